The Morgan fingerprint density at radius 1 is 1.07 bits per heavy atom. The fourth-order valence-electron chi connectivity index (χ4n) is 2.50. The van der Waals surface area contributed by atoms with E-state index in [1.165, 1.54) is 45.1 Å². The molecule has 1 fully saturated rings. The van der Waals surface area contributed by atoms with Crippen molar-refractivity contribution >= 4 is 0 Å². The third-order valence-electron chi connectivity index (χ3n) is 3.65. The number of hydrogen-bond acceptors (Lipinski definition) is 1. The van der Waals surface area contributed by atoms with Gasteiger partial charge >= 0.3 is 0 Å². The molecule has 1 aliphatic carbocycles. The van der Waals surface area contributed by atoms with Crippen molar-refractivity contribution in [2.24, 2.45) is 11.8 Å². The van der Waals surface area contributed by atoms with Crippen molar-refractivity contribution < 1.29 is 0 Å². The molecule has 0 aromatic heterocycles. The Morgan fingerprint density at radius 2 is 1.64 bits per heavy atom. The maximum atomic E-state index is 3.52. The molecule has 1 heteroatoms. The van der Waals surface area contributed by atoms with Crippen molar-refractivity contribution in [3.05, 3.63) is 0 Å². The van der Waals surface area contributed by atoms with Gasteiger partial charge in [-0.3, -0.25) is 0 Å². The van der Waals surface area contributed by atoms with Crippen molar-refractivity contribution in [2.75, 3.05) is 6.54 Å². The van der Waals surface area contributed by atoms with Gasteiger partial charge in [0.15, 0.2) is 0 Å². The van der Waals surface area contributed by atoms with Crippen molar-refractivity contribution in [1.82, 2.24) is 5.32 Å². The van der Waals surface area contributed by atoms with E-state index in [1.54, 1.807) is 0 Å². The quantitative estimate of drug-likeness (QED) is 0.710. The van der Waals surface area contributed by atoms with E-state index in [1.807, 2.05) is 0 Å². The minimum Gasteiger partial charge on any atom is -0.315 e. The van der Waals surface area contributed by atoms with E-state index in [4.69, 9.17) is 0 Å². The highest BCUT2D eigenvalue weighted by atomic mass is 14.9. The van der Waals surface area contributed by atoms with Crippen LogP contribution in [0.2, 0.25) is 0 Å². The van der Waals surface area contributed by atoms with Crippen LogP contribution in [-0.4, -0.2) is 12.6 Å². The second-order valence-corrected chi connectivity index (χ2v) is 5.19. The van der Waals surface area contributed by atoms with Gasteiger partial charge < -0.3 is 5.32 Å². The number of rotatable bonds is 5. The highest BCUT2D eigenvalue weighted by molar-refractivity contribution is 4.72. The van der Waals surface area contributed by atoms with E-state index in [2.05, 4.69) is 26.1 Å². The lowest BCUT2D eigenvalue weighted by atomic mass is 9.79. The molecule has 84 valence electrons. The van der Waals surface area contributed by atoms with Crippen LogP contribution in [0.1, 0.15) is 59.3 Å². The van der Waals surface area contributed by atoms with Gasteiger partial charge in [-0.2, -0.15) is 0 Å². The lowest BCUT2D eigenvalue weighted by Gasteiger charge is -2.28. The van der Waals surface area contributed by atoms with Crippen LogP contribution in [0.15, 0.2) is 0 Å². The monoisotopic (exact) mass is 197 g/mol. The van der Waals surface area contributed by atoms with E-state index in [0.717, 1.165) is 11.8 Å². The van der Waals surface area contributed by atoms with Crippen molar-refractivity contribution in [2.45, 2.75) is 65.3 Å². The summed E-state index contributed by atoms with van der Waals surface area (Å²) in [4.78, 5) is 0. The summed E-state index contributed by atoms with van der Waals surface area (Å²) in [6, 6.07) is 0.655. The Labute approximate surface area is 89.7 Å². The van der Waals surface area contributed by atoms with Gasteiger partial charge in [-0.25, -0.2) is 0 Å². The van der Waals surface area contributed by atoms with Gasteiger partial charge in [0.2, 0.25) is 0 Å². The third kappa shape index (κ3) is 4.45. The summed E-state index contributed by atoms with van der Waals surface area (Å²) in [6.07, 6.45) is 8.74. The van der Waals surface area contributed by atoms with Crippen molar-refractivity contribution in [1.29, 1.82) is 0 Å². The molecular weight excluding hydrogens is 170 g/mol. The Morgan fingerprint density at radius 3 is 2.14 bits per heavy atom. The molecule has 1 N–H and O–H groups in total. The smallest absolute Gasteiger partial charge is 0.00103 e. The van der Waals surface area contributed by atoms with Crippen LogP contribution < -0.4 is 5.32 Å². The Hall–Kier alpha value is -0.0400. The topological polar surface area (TPSA) is 12.0 Å². The molecule has 0 radical (unpaired) electrons. The Bertz CT molecular complexity index is 134. The third-order valence-corrected chi connectivity index (χ3v) is 3.65. The summed E-state index contributed by atoms with van der Waals surface area (Å²) < 4.78 is 0. The number of hydrogen-bond donors (Lipinski definition) is 1. The second-order valence-electron chi connectivity index (χ2n) is 5.19. The molecule has 0 atom stereocenters. The normalized spacial score (nSPS) is 28.3. The first kappa shape index (κ1) is 12.0. The van der Waals surface area contributed by atoms with Crippen LogP contribution in [0.5, 0.6) is 0 Å². The Balaban J connectivity index is 2.04. The molecule has 0 heterocycles. The van der Waals surface area contributed by atoms with Crippen LogP contribution in [0.25, 0.3) is 0 Å². The van der Waals surface area contributed by atoms with Gasteiger partial charge in [0.25, 0.3) is 0 Å². The fourth-order valence-corrected chi connectivity index (χ4v) is 2.50. The highest BCUT2D eigenvalue weighted by Crippen LogP contribution is 2.31. The van der Waals surface area contributed by atoms with E-state index >= 15 is 0 Å². The summed E-state index contributed by atoms with van der Waals surface area (Å²) in [7, 11) is 0. The minimum absolute atomic E-state index is 0.655. The molecule has 0 aromatic rings. The van der Waals surface area contributed by atoms with E-state index in [-0.39, 0.29) is 0 Å². The molecule has 0 aromatic carbocycles. The molecule has 0 aliphatic heterocycles. The zero-order valence-electron chi connectivity index (χ0n) is 10.2. The molecule has 1 aliphatic rings. The molecule has 14 heavy (non-hydrogen) atoms. The average Bonchev–Trinajstić information content (AvgIpc) is 2.18. The summed E-state index contributed by atoms with van der Waals surface area (Å²) in [5, 5.41) is 3.52. The minimum atomic E-state index is 0.655. The first-order chi connectivity index (χ1) is 6.72. The zero-order valence-corrected chi connectivity index (χ0v) is 10.2. The molecule has 0 bridgehead atoms. The average molecular weight is 197 g/mol. The first-order valence-corrected chi connectivity index (χ1v) is 6.45. The van der Waals surface area contributed by atoms with Gasteiger partial charge in [-0.05, 0) is 24.8 Å². The number of nitrogens with one attached hydrogen (secondary N) is 1. The molecule has 1 rings (SSSR count). The molecule has 1 saturated carbocycles. The first-order valence-electron chi connectivity index (χ1n) is 6.45. The summed E-state index contributed by atoms with van der Waals surface area (Å²) >= 11 is 0. The Kier molecular flexibility index (Phi) is 5.54. The summed E-state index contributed by atoms with van der Waals surface area (Å²) in [5.41, 5.74) is 0. The van der Waals surface area contributed by atoms with E-state index in [9.17, 15) is 0 Å². The lowest BCUT2D eigenvalue weighted by molar-refractivity contribution is 0.255. The van der Waals surface area contributed by atoms with E-state index < -0.39 is 0 Å². The van der Waals surface area contributed by atoms with Gasteiger partial charge in [0, 0.05) is 6.04 Å². The predicted octanol–water partition coefficient (Wildman–Crippen LogP) is 3.59. The lowest BCUT2D eigenvalue weighted by Crippen LogP contribution is -2.26. The maximum absolute atomic E-state index is 3.52. The van der Waals surface area contributed by atoms with Gasteiger partial charge in [0.1, 0.15) is 0 Å². The van der Waals surface area contributed by atoms with Crippen LogP contribution in [0.3, 0.4) is 0 Å². The predicted molar refractivity (Wildman–Crippen MR) is 63.5 cm³/mol. The van der Waals surface area contributed by atoms with Gasteiger partial charge in [0.05, 0.1) is 0 Å². The molecule has 0 spiro atoms. The SMILES string of the molecule is CCC1CCC(CCNC(C)C)CC1. The summed E-state index contributed by atoms with van der Waals surface area (Å²) in [6.45, 7) is 8.02. The van der Waals surface area contributed by atoms with Crippen LogP contribution >= 0.6 is 0 Å². The molecule has 0 saturated heterocycles. The second kappa shape index (κ2) is 6.44. The largest absolute Gasteiger partial charge is 0.315 e. The van der Waals surface area contributed by atoms with Gasteiger partial charge in [-0.1, -0.05) is 52.9 Å². The van der Waals surface area contributed by atoms with Crippen LogP contribution in [0, 0.1) is 11.8 Å². The molecule has 0 amide bonds. The zero-order chi connectivity index (χ0) is 10.4. The molecule has 0 unspecified atom stereocenters. The molecular formula is C13H27N. The van der Waals surface area contributed by atoms with E-state index in [0.29, 0.717) is 6.04 Å². The van der Waals surface area contributed by atoms with Crippen LogP contribution in [0.4, 0.5) is 0 Å². The fraction of sp³-hybridized carbons (Fsp3) is 1.00. The van der Waals surface area contributed by atoms with Gasteiger partial charge in [-0.15, -0.1) is 0 Å². The summed E-state index contributed by atoms with van der Waals surface area (Å²) in [5.74, 6) is 2.06. The highest BCUT2D eigenvalue weighted by Gasteiger charge is 2.19. The molecule has 1 nitrogen and oxygen atoms in total. The maximum Gasteiger partial charge on any atom is 0.00103 e. The van der Waals surface area contributed by atoms with Crippen LogP contribution in [-0.2, 0) is 0 Å². The van der Waals surface area contributed by atoms with Crippen molar-refractivity contribution in [3.8, 4) is 0 Å². The standard InChI is InChI=1S/C13H27N/c1-4-12-5-7-13(8-6-12)9-10-14-11(2)3/h11-14H,4-10H2,1-3H3. The van der Waals surface area contributed by atoms with Crippen molar-refractivity contribution in [3.63, 3.8) is 0 Å².